The zero-order valence-electron chi connectivity index (χ0n) is 15.7. The lowest BCUT2D eigenvalue weighted by Crippen LogP contribution is -2.59. The molecule has 1 aromatic heterocycles. The molecule has 2 amide bonds. The van der Waals surface area contributed by atoms with Crippen LogP contribution in [0.4, 0.5) is 0 Å². The number of carbonyl (C=O) groups excluding carboxylic acids is 2. The number of H-pyrrole nitrogens is 1. The molecule has 2 N–H and O–H groups in total. The second-order valence-corrected chi connectivity index (χ2v) is 7.55. The van der Waals surface area contributed by atoms with Crippen LogP contribution in [0.25, 0.3) is 10.9 Å². The molecule has 2 fully saturated rings. The SMILES string of the molecule is O=C([C@H]1CNCCN1C(=O)CCCc1c[nH]c2ccccc12)N1CCCC1. The van der Waals surface area contributed by atoms with Crippen LogP contribution in [0.15, 0.2) is 30.5 Å². The van der Waals surface area contributed by atoms with Gasteiger partial charge in [-0.2, -0.15) is 0 Å². The predicted octanol–water partition coefficient (Wildman–Crippen LogP) is 1.91. The van der Waals surface area contributed by atoms with Gasteiger partial charge in [0.15, 0.2) is 0 Å². The number of amides is 2. The van der Waals surface area contributed by atoms with Gasteiger partial charge in [0.1, 0.15) is 6.04 Å². The molecule has 2 aromatic rings. The summed E-state index contributed by atoms with van der Waals surface area (Å²) in [5, 5.41) is 4.51. The number of rotatable bonds is 5. The fraction of sp³-hybridized carbons (Fsp3) is 0.524. The predicted molar refractivity (Wildman–Crippen MR) is 105 cm³/mol. The van der Waals surface area contributed by atoms with E-state index < -0.39 is 0 Å². The molecule has 1 atom stereocenters. The summed E-state index contributed by atoms with van der Waals surface area (Å²) in [5.41, 5.74) is 2.39. The minimum absolute atomic E-state index is 0.105. The lowest BCUT2D eigenvalue weighted by molar-refractivity contribution is -0.146. The van der Waals surface area contributed by atoms with Gasteiger partial charge in [-0.1, -0.05) is 18.2 Å². The van der Waals surface area contributed by atoms with Gasteiger partial charge in [0.25, 0.3) is 0 Å². The molecule has 0 spiro atoms. The highest BCUT2D eigenvalue weighted by Gasteiger charge is 2.35. The molecule has 2 saturated heterocycles. The van der Waals surface area contributed by atoms with Gasteiger partial charge in [0.05, 0.1) is 0 Å². The quantitative estimate of drug-likeness (QED) is 0.847. The Kier molecular flexibility index (Phi) is 5.43. The number of piperazine rings is 1. The van der Waals surface area contributed by atoms with Crippen molar-refractivity contribution >= 4 is 22.7 Å². The lowest BCUT2D eigenvalue weighted by atomic mass is 10.1. The topological polar surface area (TPSA) is 68.4 Å². The van der Waals surface area contributed by atoms with Crippen molar-refractivity contribution in [2.45, 2.75) is 38.1 Å². The Morgan fingerprint density at radius 1 is 1.11 bits per heavy atom. The number of aromatic amines is 1. The molecule has 0 saturated carbocycles. The van der Waals surface area contributed by atoms with Crippen molar-refractivity contribution in [3.63, 3.8) is 0 Å². The number of carbonyl (C=O) groups is 2. The summed E-state index contributed by atoms with van der Waals surface area (Å²) < 4.78 is 0. The zero-order chi connectivity index (χ0) is 18.6. The third kappa shape index (κ3) is 3.86. The third-order valence-electron chi connectivity index (χ3n) is 5.78. The van der Waals surface area contributed by atoms with Crippen LogP contribution in [0, 0.1) is 0 Å². The van der Waals surface area contributed by atoms with Crippen molar-refractivity contribution in [3.8, 4) is 0 Å². The first-order valence-electron chi connectivity index (χ1n) is 10.1. The molecule has 27 heavy (non-hydrogen) atoms. The molecule has 2 aliphatic heterocycles. The number of aryl methyl sites for hydroxylation is 1. The number of hydrogen-bond acceptors (Lipinski definition) is 3. The molecule has 0 unspecified atom stereocenters. The Hall–Kier alpha value is -2.34. The summed E-state index contributed by atoms with van der Waals surface area (Å²) in [6.45, 7) is 3.62. The maximum atomic E-state index is 12.8. The molecular formula is C21H28N4O2. The van der Waals surface area contributed by atoms with Gasteiger partial charge in [-0.3, -0.25) is 9.59 Å². The van der Waals surface area contributed by atoms with E-state index in [0.29, 0.717) is 19.5 Å². The van der Waals surface area contributed by atoms with Crippen molar-refractivity contribution in [1.29, 1.82) is 0 Å². The number of nitrogens with one attached hydrogen (secondary N) is 2. The molecule has 1 aromatic carbocycles. The fourth-order valence-electron chi connectivity index (χ4n) is 4.28. The summed E-state index contributed by atoms with van der Waals surface area (Å²) in [5.74, 6) is 0.221. The third-order valence-corrected chi connectivity index (χ3v) is 5.78. The maximum Gasteiger partial charge on any atom is 0.246 e. The second-order valence-electron chi connectivity index (χ2n) is 7.55. The molecule has 6 heteroatoms. The number of likely N-dealkylation sites (tertiary alicyclic amines) is 1. The lowest BCUT2D eigenvalue weighted by Gasteiger charge is -2.37. The van der Waals surface area contributed by atoms with Crippen LogP contribution < -0.4 is 5.32 Å². The summed E-state index contributed by atoms with van der Waals surface area (Å²) in [7, 11) is 0. The van der Waals surface area contributed by atoms with E-state index in [0.717, 1.165) is 50.8 Å². The first-order chi connectivity index (χ1) is 13.2. The van der Waals surface area contributed by atoms with E-state index in [9.17, 15) is 9.59 Å². The first kappa shape index (κ1) is 18.0. The average molecular weight is 368 g/mol. The molecule has 2 aliphatic rings. The highest BCUT2D eigenvalue weighted by molar-refractivity contribution is 5.88. The summed E-state index contributed by atoms with van der Waals surface area (Å²) in [6, 6.07) is 7.91. The Labute approximate surface area is 159 Å². The van der Waals surface area contributed by atoms with E-state index in [1.807, 2.05) is 28.1 Å². The van der Waals surface area contributed by atoms with E-state index in [4.69, 9.17) is 0 Å². The van der Waals surface area contributed by atoms with E-state index in [1.54, 1.807) is 0 Å². The molecule has 4 rings (SSSR count). The van der Waals surface area contributed by atoms with Gasteiger partial charge >= 0.3 is 0 Å². The number of aromatic nitrogens is 1. The Bertz CT molecular complexity index is 809. The Morgan fingerprint density at radius 2 is 1.93 bits per heavy atom. The minimum atomic E-state index is -0.336. The van der Waals surface area contributed by atoms with Crippen molar-refractivity contribution in [2.75, 3.05) is 32.7 Å². The normalized spacial score (nSPS) is 20.4. The number of nitrogens with zero attached hydrogens (tertiary/aromatic N) is 2. The molecular weight excluding hydrogens is 340 g/mol. The minimum Gasteiger partial charge on any atom is -0.361 e. The molecule has 0 bridgehead atoms. The van der Waals surface area contributed by atoms with E-state index in [-0.39, 0.29) is 17.9 Å². The van der Waals surface area contributed by atoms with Crippen LogP contribution >= 0.6 is 0 Å². The summed E-state index contributed by atoms with van der Waals surface area (Å²) >= 11 is 0. The highest BCUT2D eigenvalue weighted by Crippen LogP contribution is 2.20. The van der Waals surface area contributed by atoms with Crippen LogP contribution in [0.1, 0.15) is 31.2 Å². The first-order valence-corrected chi connectivity index (χ1v) is 10.1. The average Bonchev–Trinajstić information content (AvgIpc) is 3.38. The molecule has 0 aliphatic carbocycles. The number of fused-ring (bicyclic) bond motifs is 1. The van der Waals surface area contributed by atoms with Crippen LogP contribution in [-0.4, -0.2) is 65.4 Å². The Morgan fingerprint density at radius 3 is 2.78 bits per heavy atom. The smallest absolute Gasteiger partial charge is 0.246 e. The van der Waals surface area contributed by atoms with Crippen molar-refractivity contribution in [1.82, 2.24) is 20.1 Å². The van der Waals surface area contributed by atoms with Crippen LogP contribution in [-0.2, 0) is 16.0 Å². The second kappa shape index (κ2) is 8.13. The molecule has 0 radical (unpaired) electrons. The summed E-state index contributed by atoms with van der Waals surface area (Å²) in [6.07, 6.45) is 6.35. The number of hydrogen-bond donors (Lipinski definition) is 2. The number of para-hydroxylation sites is 1. The highest BCUT2D eigenvalue weighted by atomic mass is 16.2. The van der Waals surface area contributed by atoms with Gasteiger partial charge < -0.3 is 20.1 Å². The fourth-order valence-corrected chi connectivity index (χ4v) is 4.28. The number of benzene rings is 1. The van der Waals surface area contributed by atoms with Crippen LogP contribution in [0.2, 0.25) is 0 Å². The summed E-state index contributed by atoms with van der Waals surface area (Å²) in [4.78, 5) is 32.7. The van der Waals surface area contributed by atoms with Crippen molar-refractivity contribution in [3.05, 3.63) is 36.0 Å². The largest absolute Gasteiger partial charge is 0.361 e. The van der Waals surface area contributed by atoms with Crippen LogP contribution in [0.5, 0.6) is 0 Å². The standard InChI is InChI=1S/C21H28N4O2/c26-20(9-5-6-16-14-23-18-8-2-1-7-17(16)18)25-13-10-22-15-19(25)21(27)24-11-3-4-12-24/h1-2,7-8,14,19,22-23H,3-6,9-13,15H2/t19-/m1/s1. The van der Waals surface area contributed by atoms with Gasteiger partial charge in [0, 0.05) is 56.2 Å². The monoisotopic (exact) mass is 368 g/mol. The van der Waals surface area contributed by atoms with E-state index in [1.165, 1.54) is 10.9 Å². The van der Waals surface area contributed by atoms with E-state index >= 15 is 0 Å². The molecule has 3 heterocycles. The maximum absolute atomic E-state index is 12.8. The van der Waals surface area contributed by atoms with Crippen LogP contribution in [0.3, 0.4) is 0 Å². The van der Waals surface area contributed by atoms with E-state index in [2.05, 4.69) is 22.4 Å². The van der Waals surface area contributed by atoms with Gasteiger partial charge in [-0.05, 0) is 37.3 Å². The van der Waals surface area contributed by atoms with Gasteiger partial charge in [-0.15, -0.1) is 0 Å². The van der Waals surface area contributed by atoms with Gasteiger partial charge in [-0.25, -0.2) is 0 Å². The molecule has 144 valence electrons. The van der Waals surface area contributed by atoms with Crippen molar-refractivity contribution in [2.24, 2.45) is 0 Å². The van der Waals surface area contributed by atoms with Gasteiger partial charge in [0.2, 0.25) is 11.8 Å². The Balaban J connectivity index is 1.35. The van der Waals surface area contributed by atoms with Crippen molar-refractivity contribution < 1.29 is 9.59 Å². The molecule has 6 nitrogen and oxygen atoms in total. The zero-order valence-corrected chi connectivity index (χ0v) is 15.7.